The smallest absolute Gasteiger partial charge is 0.280 e. The van der Waals surface area contributed by atoms with Gasteiger partial charge in [0.15, 0.2) is 13.1 Å². The number of likely N-dealkylation sites (N-methyl/N-ethyl adjacent to an activating group) is 2. The number of carbonyl (C=O) groups excluding carboxylic acids is 3. The topological polar surface area (TPSA) is 106 Å². The molecule has 24 heavy (non-hydrogen) atoms. The Morgan fingerprint density at radius 2 is 1.88 bits per heavy atom. The lowest BCUT2D eigenvalue weighted by atomic mass is 10.1. The molecule has 2 rings (SSSR count). The van der Waals surface area contributed by atoms with Crippen molar-refractivity contribution in [3.63, 3.8) is 0 Å². The predicted octanol–water partition coefficient (Wildman–Crippen LogP) is -0.685. The van der Waals surface area contributed by atoms with Crippen LogP contribution in [-0.2, 0) is 22.4 Å². The Balaban J connectivity index is 2.02. The summed E-state index contributed by atoms with van der Waals surface area (Å²) >= 11 is 1.44. The number of aryl methyl sites for hydroxylation is 1. The number of primary amides is 1. The molecule has 0 radical (unpaired) electrons. The van der Waals surface area contributed by atoms with Gasteiger partial charge in [-0.2, -0.15) is 0 Å². The summed E-state index contributed by atoms with van der Waals surface area (Å²) in [4.78, 5) is 37.7. The van der Waals surface area contributed by atoms with E-state index in [-0.39, 0.29) is 24.9 Å². The van der Waals surface area contributed by atoms with Crippen molar-refractivity contribution in [2.45, 2.75) is 33.1 Å². The lowest BCUT2D eigenvalue weighted by Crippen LogP contribution is -3.14. The molecule has 0 saturated heterocycles. The van der Waals surface area contributed by atoms with E-state index >= 15 is 0 Å². The van der Waals surface area contributed by atoms with Gasteiger partial charge in [-0.15, -0.1) is 11.3 Å². The van der Waals surface area contributed by atoms with Gasteiger partial charge < -0.3 is 21.3 Å². The molecule has 0 saturated carbocycles. The molecule has 1 aromatic heterocycles. The van der Waals surface area contributed by atoms with Crippen LogP contribution in [0.4, 0.5) is 5.00 Å². The molecular weight excluding hydrogens is 328 g/mol. The zero-order chi connectivity index (χ0) is 17.7. The second-order valence-corrected chi connectivity index (χ2v) is 6.99. The summed E-state index contributed by atoms with van der Waals surface area (Å²) in [5, 5.41) is 6.10. The fourth-order valence-electron chi connectivity index (χ4n) is 2.95. The zero-order valence-electron chi connectivity index (χ0n) is 14.2. The minimum Gasteiger partial charge on any atom is -0.365 e. The third-order valence-electron chi connectivity index (χ3n) is 4.12. The number of amides is 3. The highest BCUT2D eigenvalue weighted by Crippen LogP contribution is 2.38. The molecule has 1 aliphatic carbocycles. The lowest BCUT2D eigenvalue weighted by molar-refractivity contribution is -0.881. The number of anilines is 1. The monoisotopic (exact) mass is 353 g/mol. The van der Waals surface area contributed by atoms with Crippen LogP contribution < -0.4 is 21.3 Å². The van der Waals surface area contributed by atoms with Crippen LogP contribution in [0.3, 0.4) is 0 Å². The van der Waals surface area contributed by atoms with Crippen LogP contribution in [0.15, 0.2) is 0 Å². The molecule has 0 aromatic carbocycles. The number of carbonyl (C=O) groups is 3. The number of hydrogen-bond donors (Lipinski definition) is 4. The van der Waals surface area contributed by atoms with Gasteiger partial charge in [0.2, 0.25) is 0 Å². The van der Waals surface area contributed by atoms with Gasteiger partial charge in [-0.1, -0.05) is 0 Å². The van der Waals surface area contributed by atoms with Crippen molar-refractivity contribution >= 4 is 34.1 Å². The first kappa shape index (κ1) is 18.4. The molecule has 1 aromatic rings. The molecule has 1 atom stereocenters. The second-order valence-electron chi connectivity index (χ2n) is 5.88. The van der Waals surface area contributed by atoms with Gasteiger partial charge in [-0.05, 0) is 38.7 Å². The molecular formula is C16H25N4O3S+. The lowest BCUT2D eigenvalue weighted by Gasteiger charge is -2.16. The molecule has 7 nitrogen and oxygen atoms in total. The second kappa shape index (κ2) is 8.25. The van der Waals surface area contributed by atoms with E-state index in [9.17, 15) is 14.4 Å². The van der Waals surface area contributed by atoms with Gasteiger partial charge in [-0.3, -0.25) is 14.4 Å². The summed E-state index contributed by atoms with van der Waals surface area (Å²) in [7, 11) is 0. The summed E-state index contributed by atoms with van der Waals surface area (Å²) in [6, 6.07) is 0. The van der Waals surface area contributed by atoms with Gasteiger partial charge >= 0.3 is 0 Å². The number of fused-ring (bicyclic) bond motifs is 1. The minimum atomic E-state index is -0.494. The molecule has 0 spiro atoms. The molecule has 132 valence electrons. The first-order valence-corrected chi connectivity index (χ1v) is 9.12. The quantitative estimate of drug-likeness (QED) is 0.497. The maximum atomic E-state index is 12.3. The first-order valence-electron chi connectivity index (χ1n) is 8.30. The van der Waals surface area contributed by atoms with Crippen LogP contribution in [0.5, 0.6) is 0 Å². The molecule has 0 bridgehead atoms. The maximum absolute atomic E-state index is 12.3. The average Bonchev–Trinajstić information content (AvgIpc) is 3.06. The van der Waals surface area contributed by atoms with Crippen LogP contribution in [0.25, 0.3) is 0 Å². The fourth-order valence-corrected chi connectivity index (χ4v) is 4.26. The number of quaternary nitrogens is 1. The summed E-state index contributed by atoms with van der Waals surface area (Å²) in [6.07, 6.45) is 2.79. The molecule has 3 amide bonds. The van der Waals surface area contributed by atoms with E-state index < -0.39 is 5.91 Å². The summed E-state index contributed by atoms with van der Waals surface area (Å²) in [5.41, 5.74) is 6.94. The largest absolute Gasteiger partial charge is 0.365 e. The van der Waals surface area contributed by atoms with Crippen molar-refractivity contribution in [1.82, 2.24) is 5.32 Å². The maximum Gasteiger partial charge on any atom is 0.280 e. The highest BCUT2D eigenvalue weighted by Gasteiger charge is 2.27. The van der Waals surface area contributed by atoms with Crippen LogP contribution >= 0.6 is 11.3 Å². The van der Waals surface area contributed by atoms with Crippen molar-refractivity contribution in [3.8, 4) is 0 Å². The Hall–Kier alpha value is -1.93. The minimum absolute atomic E-state index is 0.0740. The van der Waals surface area contributed by atoms with E-state index in [1.54, 1.807) is 0 Å². The third-order valence-corrected chi connectivity index (χ3v) is 5.32. The summed E-state index contributed by atoms with van der Waals surface area (Å²) < 4.78 is 0. The Bertz CT molecular complexity index is 642. The molecule has 5 N–H and O–H groups in total. The summed E-state index contributed by atoms with van der Waals surface area (Å²) in [6.45, 7) is 5.45. The van der Waals surface area contributed by atoms with E-state index in [4.69, 9.17) is 5.73 Å². The molecule has 8 heteroatoms. The van der Waals surface area contributed by atoms with Crippen molar-refractivity contribution < 1.29 is 19.3 Å². The normalized spacial score (nSPS) is 14.1. The molecule has 0 fully saturated rings. The predicted molar refractivity (Wildman–Crippen MR) is 93.4 cm³/mol. The van der Waals surface area contributed by atoms with Crippen LogP contribution in [0, 0.1) is 0 Å². The standard InChI is InChI=1S/C16H24N4O3S/c1-3-18-12(21)8-20(4-2)9-13(22)19-16-14(15(17)23)10-6-5-7-11(10)24-16/h3-9H2,1-2H3,(H2,17,23)(H,18,21)(H,19,22)/p+1. The number of rotatable bonds is 8. The van der Waals surface area contributed by atoms with E-state index in [0.29, 0.717) is 23.7 Å². The summed E-state index contributed by atoms with van der Waals surface area (Å²) in [5.74, 6) is -0.777. The van der Waals surface area contributed by atoms with Gasteiger partial charge in [0, 0.05) is 11.4 Å². The van der Waals surface area contributed by atoms with Gasteiger partial charge in [0.05, 0.1) is 12.1 Å². The van der Waals surface area contributed by atoms with Crippen molar-refractivity contribution in [3.05, 3.63) is 16.0 Å². The number of hydrogen-bond acceptors (Lipinski definition) is 4. The van der Waals surface area contributed by atoms with Crippen LogP contribution in [-0.4, -0.2) is 43.9 Å². The van der Waals surface area contributed by atoms with Crippen LogP contribution in [0.2, 0.25) is 0 Å². The molecule has 1 heterocycles. The Kier molecular flexibility index (Phi) is 6.33. The SMILES string of the molecule is CCNC(=O)C[NH+](CC)CC(=O)Nc1sc2c(c1C(N)=O)CCC2. The van der Waals surface area contributed by atoms with Crippen molar-refractivity contribution in [2.75, 3.05) is 31.5 Å². The highest BCUT2D eigenvalue weighted by molar-refractivity contribution is 7.17. The van der Waals surface area contributed by atoms with Gasteiger partial charge in [0.25, 0.3) is 17.7 Å². The third kappa shape index (κ3) is 4.33. The van der Waals surface area contributed by atoms with E-state index in [0.717, 1.165) is 34.6 Å². The molecule has 0 aliphatic heterocycles. The fraction of sp³-hybridized carbons (Fsp3) is 0.562. The highest BCUT2D eigenvalue weighted by atomic mass is 32.1. The van der Waals surface area contributed by atoms with E-state index in [1.165, 1.54) is 11.3 Å². The Morgan fingerprint density at radius 3 is 2.50 bits per heavy atom. The number of nitrogens with two attached hydrogens (primary N) is 1. The molecule has 1 unspecified atom stereocenters. The van der Waals surface area contributed by atoms with Crippen molar-refractivity contribution in [1.29, 1.82) is 0 Å². The van der Waals surface area contributed by atoms with E-state index in [2.05, 4.69) is 10.6 Å². The van der Waals surface area contributed by atoms with Crippen LogP contribution in [0.1, 0.15) is 41.1 Å². The number of thiophene rings is 1. The van der Waals surface area contributed by atoms with Crippen molar-refractivity contribution in [2.24, 2.45) is 5.73 Å². The van der Waals surface area contributed by atoms with Gasteiger partial charge in [0.1, 0.15) is 5.00 Å². The molecule has 1 aliphatic rings. The van der Waals surface area contributed by atoms with Gasteiger partial charge in [-0.25, -0.2) is 0 Å². The average molecular weight is 353 g/mol. The zero-order valence-corrected chi connectivity index (χ0v) is 15.0. The Morgan fingerprint density at radius 1 is 1.17 bits per heavy atom. The Labute approximate surface area is 145 Å². The van der Waals surface area contributed by atoms with E-state index in [1.807, 2.05) is 13.8 Å². The number of nitrogens with one attached hydrogen (secondary N) is 3. The first-order chi connectivity index (χ1) is 11.5.